The van der Waals surface area contributed by atoms with Crippen molar-refractivity contribution in [3.8, 4) is 11.6 Å². The molecule has 0 spiro atoms. The van der Waals surface area contributed by atoms with E-state index in [2.05, 4.69) is 15.3 Å². The number of nitrogens with one attached hydrogen (secondary N) is 1. The first-order valence-corrected chi connectivity index (χ1v) is 11.1. The second-order valence-electron chi connectivity index (χ2n) is 7.45. The molecule has 2 heterocycles. The number of para-hydroxylation sites is 1. The molecular weight excluding hydrogens is 460 g/mol. The molecule has 0 aliphatic heterocycles. The number of amides is 1. The van der Waals surface area contributed by atoms with E-state index in [0.717, 1.165) is 11.3 Å². The summed E-state index contributed by atoms with van der Waals surface area (Å²) in [6, 6.07) is 23.1. The van der Waals surface area contributed by atoms with Gasteiger partial charge < -0.3 is 24.8 Å². The molecule has 0 atom stereocenters. The van der Waals surface area contributed by atoms with Crippen molar-refractivity contribution in [3.63, 3.8) is 0 Å². The number of carboxylic acid groups (broad SMARTS) is 2. The van der Waals surface area contributed by atoms with Crippen molar-refractivity contribution in [2.75, 3.05) is 11.9 Å². The van der Waals surface area contributed by atoms with Crippen LogP contribution in [0.15, 0.2) is 102 Å². The summed E-state index contributed by atoms with van der Waals surface area (Å²) >= 11 is 0. The number of anilines is 2. The van der Waals surface area contributed by atoms with Crippen molar-refractivity contribution in [1.82, 2.24) is 14.9 Å². The summed E-state index contributed by atoms with van der Waals surface area (Å²) in [5.41, 5.74) is 2.27. The Morgan fingerprint density at radius 3 is 2.28 bits per heavy atom. The van der Waals surface area contributed by atoms with Gasteiger partial charge in [-0.05, 0) is 36.8 Å². The van der Waals surface area contributed by atoms with Crippen LogP contribution >= 0.6 is 0 Å². The molecule has 0 aliphatic carbocycles. The first-order chi connectivity index (χ1) is 17.5. The van der Waals surface area contributed by atoms with E-state index in [9.17, 15) is 4.79 Å². The third-order valence-corrected chi connectivity index (χ3v) is 4.86. The molecule has 9 nitrogen and oxygen atoms in total. The van der Waals surface area contributed by atoms with Crippen LogP contribution in [0.1, 0.15) is 22.8 Å². The molecule has 0 saturated carbocycles. The Morgan fingerprint density at radius 2 is 1.67 bits per heavy atom. The van der Waals surface area contributed by atoms with Crippen molar-refractivity contribution >= 4 is 23.6 Å². The molecule has 2 aromatic heterocycles. The highest BCUT2D eigenvalue weighted by Crippen LogP contribution is 2.24. The summed E-state index contributed by atoms with van der Waals surface area (Å²) in [6.45, 7) is 2.90. The van der Waals surface area contributed by atoms with Crippen LogP contribution in [0.2, 0.25) is 0 Å². The van der Waals surface area contributed by atoms with Crippen LogP contribution in [-0.4, -0.2) is 43.7 Å². The van der Waals surface area contributed by atoms with Gasteiger partial charge in [0, 0.05) is 25.0 Å². The Kier molecular flexibility index (Phi) is 9.35. The van der Waals surface area contributed by atoms with Crippen LogP contribution < -0.4 is 5.32 Å². The fraction of sp³-hybridized carbons (Fsp3) is 0.111. The normalized spacial score (nSPS) is 10.4. The maximum atomic E-state index is 13.6. The highest BCUT2D eigenvalue weighted by Gasteiger charge is 2.22. The lowest BCUT2D eigenvalue weighted by Crippen LogP contribution is -2.31. The zero-order chi connectivity index (χ0) is 25.8. The van der Waals surface area contributed by atoms with Crippen molar-refractivity contribution in [2.24, 2.45) is 0 Å². The second-order valence-corrected chi connectivity index (χ2v) is 7.45. The fourth-order valence-electron chi connectivity index (χ4n) is 3.24. The number of benzene rings is 2. The van der Waals surface area contributed by atoms with E-state index in [1.54, 1.807) is 29.5 Å². The van der Waals surface area contributed by atoms with Crippen LogP contribution in [0.4, 0.5) is 16.3 Å². The molecule has 2 aromatic carbocycles. The van der Waals surface area contributed by atoms with Crippen molar-refractivity contribution in [1.29, 1.82) is 0 Å². The lowest BCUT2D eigenvalue weighted by molar-refractivity contribution is 0.0762. The number of hydrogen-bond acceptors (Lipinski definition) is 6. The van der Waals surface area contributed by atoms with E-state index in [0.29, 0.717) is 36.1 Å². The molecule has 1 amide bonds. The molecule has 0 aliphatic rings. The quantitative estimate of drug-likeness (QED) is 0.262. The molecule has 0 bridgehead atoms. The van der Waals surface area contributed by atoms with E-state index in [4.69, 9.17) is 19.4 Å². The largest absolute Gasteiger partial charge is 0.503 e. The van der Waals surface area contributed by atoms with E-state index in [1.807, 2.05) is 79.7 Å². The van der Waals surface area contributed by atoms with Gasteiger partial charge in [0.2, 0.25) is 0 Å². The Labute approximate surface area is 208 Å². The molecule has 0 radical (unpaired) electrons. The molecule has 4 aromatic rings. The summed E-state index contributed by atoms with van der Waals surface area (Å²) in [5.74, 6) is 1.22. The monoisotopic (exact) mass is 486 g/mol. The Balaban J connectivity index is 0.000000840. The van der Waals surface area contributed by atoms with Crippen molar-refractivity contribution in [3.05, 3.63) is 109 Å². The third-order valence-electron chi connectivity index (χ3n) is 4.86. The fourth-order valence-corrected chi connectivity index (χ4v) is 3.24. The number of carbonyl (C=O) groups is 2. The number of allylic oxidation sites excluding steroid dienone is 1. The lowest BCUT2D eigenvalue weighted by atomic mass is 10.1. The summed E-state index contributed by atoms with van der Waals surface area (Å²) in [7, 11) is 0. The number of rotatable bonds is 8. The van der Waals surface area contributed by atoms with Crippen molar-refractivity contribution < 1.29 is 24.2 Å². The van der Waals surface area contributed by atoms with Crippen molar-refractivity contribution in [2.45, 2.75) is 13.5 Å². The number of aromatic nitrogens is 2. The Morgan fingerprint density at radius 1 is 1.00 bits per heavy atom. The molecule has 0 unspecified atom stereocenters. The van der Waals surface area contributed by atoms with E-state index >= 15 is 0 Å². The SMILES string of the molecule is C/C=C/CN(Cc1ccccc1)C(=O)c1cnc(-c2ccco2)nc1Nc1ccccc1.O=C(O)O. The standard InChI is InChI=1S/C26H24N4O2.CH2O3/c1-2-3-16-30(19-20-11-6-4-7-12-20)26(31)22-18-27-25(23-15-10-17-32-23)29-24(22)28-21-13-8-5-9-14-21;2-1(3)4/h2-15,17-18H,16,19H2,1H3,(H,27,28,29);(H2,2,3,4)/b3-2+;. The third kappa shape index (κ3) is 7.56. The van der Waals surface area contributed by atoms with Gasteiger partial charge >= 0.3 is 6.16 Å². The van der Waals surface area contributed by atoms with Gasteiger partial charge in [-0.3, -0.25) is 4.79 Å². The second kappa shape index (κ2) is 13.1. The zero-order valence-electron chi connectivity index (χ0n) is 19.6. The molecular formula is C27H26N4O5. The molecule has 3 N–H and O–H groups in total. The van der Waals surface area contributed by atoms with E-state index in [1.165, 1.54) is 0 Å². The number of furan rings is 1. The number of carbonyl (C=O) groups excluding carboxylic acids is 1. The first-order valence-electron chi connectivity index (χ1n) is 11.1. The maximum absolute atomic E-state index is 13.6. The average molecular weight is 487 g/mol. The Hall–Kier alpha value is -4.92. The van der Waals surface area contributed by atoms with Crippen LogP contribution in [0.25, 0.3) is 11.6 Å². The smallest absolute Gasteiger partial charge is 0.461 e. The topological polar surface area (TPSA) is 129 Å². The summed E-state index contributed by atoms with van der Waals surface area (Å²) in [5, 5.41) is 17.2. The Bertz CT molecular complexity index is 1270. The van der Waals surface area contributed by atoms with Gasteiger partial charge in [0.25, 0.3) is 5.91 Å². The lowest BCUT2D eigenvalue weighted by Gasteiger charge is -2.23. The minimum Gasteiger partial charge on any atom is -0.461 e. The van der Waals surface area contributed by atoms with Gasteiger partial charge in [0.05, 0.1) is 6.26 Å². The predicted molar refractivity (Wildman–Crippen MR) is 136 cm³/mol. The van der Waals surface area contributed by atoms with E-state index in [-0.39, 0.29) is 5.91 Å². The number of hydrogen-bond donors (Lipinski definition) is 3. The summed E-state index contributed by atoms with van der Waals surface area (Å²) in [6.07, 6.45) is 5.20. The first kappa shape index (κ1) is 25.7. The molecule has 9 heteroatoms. The van der Waals surface area contributed by atoms with Gasteiger partial charge in [-0.1, -0.05) is 60.7 Å². The summed E-state index contributed by atoms with van der Waals surface area (Å²) in [4.78, 5) is 33.0. The van der Waals surface area contributed by atoms with Crippen LogP contribution in [0, 0.1) is 0 Å². The molecule has 4 rings (SSSR count). The highest BCUT2D eigenvalue weighted by molar-refractivity contribution is 5.99. The van der Waals surface area contributed by atoms with Gasteiger partial charge in [-0.2, -0.15) is 0 Å². The predicted octanol–water partition coefficient (Wildman–Crippen LogP) is 5.92. The highest BCUT2D eigenvalue weighted by atomic mass is 16.6. The van der Waals surface area contributed by atoms with Gasteiger partial charge in [0.15, 0.2) is 11.6 Å². The van der Waals surface area contributed by atoms with Gasteiger partial charge in [-0.15, -0.1) is 0 Å². The van der Waals surface area contributed by atoms with Crippen LogP contribution in [0.5, 0.6) is 0 Å². The number of nitrogens with zero attached hydrogens (tertiary/aromatic N) is 3. The minimum absolute atomic E-state index is 0.156. The molecule has 0 saturated heterocycles. The molecule has 0 fully saturated rings. The summed E-state index contributed by atoms with van der Waals surface area (Å²) < 4.78 is 5.45. The zero-order valence-corrected chi connectivity index (χ0v) is 19.6. The maximum Gasteiger partial charge on any atom is 0.503 e. The minimum atomic E-state index is -1.83. The van der Waals surface area contributed by atoms with Crippen LogP contribution in [0.3, 0.4) is 0 Å². The van der Waals surface area contributed by atoms with E-state index < -0.39 is 6.16 Å². The van der Waals surface area contributed by atoms with Crippen LogP contribution in [-0.2, 0) is 6.54 Å². The van der Waals surface area contributed by atoms with Gasteiger partial charge in [-0.25, -0.2) is 14.8 Å². The molecule has 36 heavy (non-hydrogen) atoms. The average Bonchev–Trinajstić information content (AvgIpc) is 3.42. The molecule has 184 valence electrons. The van der Waals surface area contributed by atoms with Gasteiger partial charge in [0.1, 0.15) is 11.4 Å².